The maximum Gasteiger partial charge on any atom is 0.319 e. The second kappa shape index (κ2) is 4.74. The van der Waals surface area contributed by atoms with Gasteiger partial charge in [-0.1, -0.05) is 0 Å². The molecule has 1 aliphatic rings. The largest absolute Gasteiger partial charge is 0.331 e. The fourth-order valence-electron chi connectivity index (χ4n) is 1.44. The molecule has 1 heterocycles. The minimum atomic E-state index is 0.148. The van der Waals surface area contributed by atoms with E-state index in [1.807, 2.05) is 30.8 Å². The van der Waals surface area contributed by atoms with Crippen molar-refractivity contribution in [2.24, 2.45) is 0 Å². The third-order valence-electron chi connectivity index (χ3n) is 2.32. The molecule has 0 radical (unpaired) electrons. The summed E-state index contributed by atoms with van der Waals surface area (Å²) in [5, 5.41) is 0. The van der Waals surface area contributed by atoms with E-state index in [0.717, 1.165) is 18.7 Å². The molecular formula is C9H18N2OS. The second-order valence-electron chi connectivity index (χ2n) is 3.62. The molecule has 0 spiro atoms. The first-order valence-electron chi connectivity index (χ1n) is 4.68. The normalized spacial score (nSPS) is 23.9. The summed E-state index contributed by atoms with van der Waals surface area (Å²) < 4.78 is 0. The van der Waals surface area contributed by atoms with Gasteiger partial charge in [-0.3, -0.25) is 0 Å². The Bertz CT molecular complexity index is 184. The van der Waals surface area contributed by atoms with Gasteiger partial charge in [0.1, 0.15) is 0 Å². The van der Waals surface area contributed by atoms with Gasteiger partial charge in [-0.15, -0.1) is 0 Å². The van der Waals surface area contributed by atoms with E-state index < -0.39 is 0 Å². The fraction of sp³-hybridized carbons (Fsp3) is 0.889. The third-order valence-corrected chi connectivity index (χ3v) is 3.31. The molecule has 0 bridgehead atoms. The fourth-order valence-corrected chi connectivity index (χ4v) is 2.47. The van der Waals surface area contributed by atoms with Crippen molar-refractivity contribution in [1.29, 1.82) is 0 Å². The molecule has 1 saturated heterocycles. The summed E-state index contributed by atoms with van der Waals surface area (Å²) in [5.74, 6) is 2.25. The summed E-state index contributed by atoms with van der Waals surface area (Å²) in [6.07, 6.45) is 1.12. The molecule has 2 amide bonds. The molecule has 1 aliphatic heterocycles. The van der Waals surface area contributed by atoms with Crippen LogP contribution in [-0.4, -0.2) is 54.0 Å². The number of thioether (sulfide) groups is 1. The summed E-state index contributed by atoms with van der Waals surface area (Å²) in [6.45, 7) is 3.02. The van der Waals surface area contributed by atoms with Crippen molar-refractivity contribution >= 4 is 17.8 Å². The molecule has 0 aliphatic carbocycles. The molecule has 1 unspecified atom stereocenters. The Kier molecular flexibility index (Phi) is 3.90. The van der Waals surface area contributed by atoms with E-state index in [9.17, 15) is 4.79 Å². The Labute approximate surface area is 84.5 Å². The number of hydrogen-bond donors (Lipinski definition) is 0. The number of amides is 2. The van der Waals surface area contributed by atoms with Gasteiger partial charge in [-0.05, 0) is 19.1 Å². The molecule has 4 heteroatoms. The van der Waals surface area contributed by atoms with E-state index in [1.165, 1.54) is 5.75 Å². The summed E-state index contributed by atoms with van der Waals surface area (Å²) in [5.41, 5.74) is 0. The van der Waals surface area contributed by atoms with Gasteiger partial charge >= 0.3 is 6.03 Å². The van der Waals surface area contributed by atoms with Crippen LogP contribution < -0.4 is 0 Å². The average molecular weight is 202 g/mol. The lowest BCUT2D eigenvalue weighted by molar-refractivity contribution is 0.157. The maximum atomic E-state index is 11.7. The summed E-state index contributed by atoms with van der Waals surface area (Å²) >= 11 is 1.94. The first-order valence-corrected chi connectivity index (χ1v) is 5.84. The van der Waals surface area contributed by atoms with Crippen LogP contribution in [0.3, 0.4) is 0 Å². The Morgan fingerprint density at radius 2 is 2.15 bits per heavy atom. The Hall–Kier alpha value is -0.380. The minimum absolute atomic E-state index is 0.148. The van der Waals surface area contributed by atoms with Gasteiger partial charge in [-0.25, -0.2) is 4.79 Å². The Balaban J connectivity index is 2.58. The van der Waals surface area contributed by atoms with Gasteiger partial charge in [0.05, 0.1) is 0 Å². The average Bonchev–Trinajstić information content (AvgIpc) is 2.28. The van der Waals surface area contributed by atoms with Crippen molar-refractivity contribution in [3.8, 4) is 0 Å². The van der Waals surface area contributed by atoms with Gasteiger partial charge in [0, 0.05) is 32.4 Å². The summed E-state index contributed by atoms with van der Waals surface area (Å²) in [4.78, 5) is 15.3. The lowest BCUT2D eigenvalue weighted by Gasteiger charge is -2.29. The molecule has 1 atom stereocenters. The second-order valence-corrected chi connectivity index (χ2v) is 4.85. The zero-order chi connectivity index (χ0) is 9.84. The molecule has 13 heavy (non-hydrogen) atoms. The van der Waals surface area contributed by atoms with Crippen LogP contribution in [0.2, 0.25) is 0 Å². The van der Waals surface area contributed by atoms with Crippen molar-refractivity contribution in [3.05, 3.63) is 0 Å². The van der Waals surface area contributed by atoms with Crippen LogP contribution in [0.15, 0.2) is 0 Å². The highest BCUT2D eigenvalue weighted by atomic mass is 32.2. The maximum absolute atomic E-state index is 11.7. The van der Waals surface area contributed by atoms with E-state index in [4.69, 9.17) is 0 Å². The first-order chi connectivity index (χ1) is 6.13. The monoisotopic (exact) mass is 202 g/mol. The number of rotatable bonds is 0. The number of carbonyl (C=O) groups is 1. The first kappa shape index (κ1) is 10.7. The minimum Gasteiger partial charge on any atom is -0.331 e. The van der Waals surface area contributed by atoms with Crippen LogP contribution in [-0.2, 0) is 0 Å². The third kappa shape index (κ3) is 2.79. The summed E-state index contributed by atoms with van der Waals surface area (Å²) in [7, 11) is 3.63. The molecule has 0 aromatic rings. The molecule has 1 rings (SSSR count). The molecule has 3 nitrogen and oxygen atoms in total. The van der Waals surface area contributed by atoms with Crippen LogP contribution >= 0.6 is 11.8 Å². The SMILES string of the molecule is CC1CCSCCN1C(=O)N(C)C. The quantitative estimate of drug-likeness (QED) is 0.594. The van der Waals surface area contributed by atoms with Gasteiger partial charge in [0.2, 0.25) is 0 Å². The van der Waals surface area contributed by atoms with Crippen molar-refractivity contribution in [3.63, 3.8) is 0 Å². The standard InChI is InChI=1S/C9H18N2OS/c1-8-4-6-13-7-5-11(8)9(12)10(2)3/h8H,4-7H2,1-3H3. The van der Waals surface area contributed by atoms with Crippen LogP contribution in [0.25, 0.3) is 0 Å². The van der Waals surface area contributed by atoms with E-state index in [2.05, 4.69) is 6.92 Å². The topological polar surface area (TPSA) is 23.6 Å². The van der Waals surface area contributed by atoms with E-state index in [1.54, 1.807) is 4.90 Å². The van der Waals surface area contributed by atoms with Crippen LogP contribution in [0.4, 0.5) is 4.79 Å². The van der Waals surface area contributed by atoms with Crippen molar-refractivity contribution in [1.82, 2.24) is 9.80 Å². The van der Waals surface area contributed by atoms with E-state index in [0.29, 0.717) is 6.04 Å². The van der Waals surface area contributed by atoms with E-state index >= 15 is 0 Å². The molecule has 0 N–H and O–H groups in total. The van der Waals surface area contributed by atoms with Crippen molar-refractivity contribution < 1.29 is 4.79 Å². The van der Waals surface area contributed by atoms with Crippen LogP contribution in [0.5, 0.6) is 0 Å². The predicted molar refractivity (Wildman–Crippen MR) is 57.2 cm³/mol. The molecule has 0 saturated carbocycles. The lowest BCUT2D eigenvalue weighted by Crippen LogP contribution is -2.44. The van der Waals surface area contributed by atoms with Crippen molar-refractivity contribution in [2.75, 3.05) is 32.1 Å². The zero-order valence-electron chi connectivity index (χ0n) is 8.62. The van der Waals surface area contributed by atoms with Crippen LogP contribution in [0, 0.1) is 0 Å². The highest BCUT2D eigenvalue weighted by Crippen LogP contribution is 2.16. The molecular weight excluding hydrogens is 184 g/mol. The van der Waals surface area contributed by atoms with Crippen LogP contribution in [0.1, 0.15) is 13.3 Å². The lowest BCUT2D eigenvalue weighted by atomic mass is 10.2. The van der Waals surface area contributed by atoms with Crippen molar-refractivity contribution in [2.45, 2.75) is 19.4 Å². The summed E-state index contributed by atoms with van der Waals surface area (Å²) in [6, 6.07) is 0.542. The van der Waals surface area contributed by atoms with Gasteiger partial charge in [0.15, 0.2) is 0 Å². The number of hydrogen-bond acceptors (Lipinski definition) is 2. The number of urea groups is 1. The number of carbonyl (C=O) groups excluding carboxylic acids is 1. The molecule has 0 aromatic heterocycles. The number of nitrogens with zero attached hydrogens (tertiary/aromatic N) is 2. The van der Waals surface area contributed by atoms with E-state index in [-0.39, 0.29) is 6.03 Å². The molecule has 76 valence electrons. The van der Waals surface area contributed by atoms with Gasteiger partial charge in [-0.2, -0.15) is 11.8 Å². The Morgan fingerprint density at radius 3 is 2.77 bits per heavy atom. The highest BCUT2D eigenvalue weighted by Gasteiger charge is 2.22. The zero-order valence-corrected chi connectivity index (χ0v) is 9.43. The smallest absolute Gasteiger partial charge is 0.319 e. The highest BCUT2D eigenvalue weighted by molar-refractivity contribution is 7.99. The van der Waals surface area contributed by atoms with Gasteiger partial charge < -0.3 is 9.80 Å². The van der Waals surface area contributed by atoms with Gasteiger partial charge in [0.25, 0.3) is 0 Å². The Morgan fingerprint density at radius 1 is 1.46 bits per heavy atom. The predicted octanol–water partition coefficient (Wildman–Crippen LogP) is 1.50. The molecule has 0 aromatic carbocycles. The molecule has 1 fully saturated rings.